The molecule has 106 valence electrons. The molecule has 0 unspecified atom stereocenters. The molecule has 2 rings (SSSR count). The summed E-state index contributed by atoms with van der Waals surface area (Å²) in [4.78, 5) is 14.4. The van der Waals surface area contributed by atoms with Gasteiger partial charge in [-0.05, 0) is 31.6 Å². The van der Waals surface area contributed by atoms with Crippen LogP contribution in [0.2, 0.25) is 0 Å². The number of rotatable bonds is 4. The molecule has 0 radical (unpaired) electrons. The van der Waals surface area contributed by atoms with E-state index in [0.29, 0.717) is 11.4 Å². The molecular weight excluding hydrogens is 240 g/mol. The summed E-state index contributed by atoms with van der Waals surface area (Å²) in [6, 6.07) is 0. The van der Waals surface area contributed by atoms with E-state index in [1.807, 2.05) is 11.8 Å². The summed E-state index contributed by atoms with van der Waals surface area (Å²) < 4.78 is 1.71. The zero-order chi connectivity index (χ0) is 14.0. The van der Waals surface area contributed by atoms with E-state index in [1.165, 1.54) is 0 Å². The van der Waals surface area contributed by atoms with Gasteiger partial charge in [0.1, 0.15) is 0 Å². The number of amides is 1. The molecule has 1 amide bonds. The average Bonchev–Trinajstić information content (AvgIpc) is 3.02. The van der Waals surface area contributed by atoms with Gasteiger partial charge in [0.15, 0.2) is 5.69 Å². The van der Waals surface area contributed by atoms with Crippen LogP contribution in [-0.2, 0) is 6.54 Å². The summed E-state index contributed by atoms with van der Waals surface area (Å²) in [6.07, 6.45) is 5.05. The molecule has 0 bridgehead atoms. The highest BCUT2D eigenvalue weighted by Gasteiger charge is 2.38. The van der Waals surface area contributed by atoms with Crippen molar-refractivity contribution >= 4 is 11.6 Å². The molecule has 1 fully saturated rings. The predicted octanol–water partition coefficient (Wildman–Crippen LogP) is 2.14. The molecule has 1 aromatic rings. The zero-order valence-corrected chi connectivity index (χ0v) is 12.1. The maximum atomic E-state index is 12.5. The standard InChI is InChI=1S/C14H24N4O/c1-4-14(5-2)7-8-17(10-14)13(19)12-11(15)9-18(6-3)16-12/h9H,4-8,10,15H2,1-3H3. The van der Waals surface area contributed by atoms with Crippen molar-refractivity contribution in [2.75, 3.05) is 18.8 Å². The normalized spacial score (nSPS) is 17.9. The second-order valence-electron chi connectivity index (χ2n) is 5.47. The number of anilines is 1. The molecule has 5 heteroatoms. The van der Waals surface area contributed by atoms with E-state index in [9.17, 15) is 4.79 Å². The Hall–Kier alpha value is -1.52. The monoisotopic (exact) mass is 264 g/mol. The number of carbonyl (C=O) groups is 1. The van der Waals surface area contributed by atoms with Crippen molar-refractivity contribution in [2.45, 2.75) is 46.6 Å². The maximum Gasteiger partial charge on any atom is 0.276 e. The minimum atomic E-state index is -0.0199. The minimum Gasteiger partial charge on any atom is -0.396 e. The molecule has 0 aliphatic carbocycles. The Balaban J connectivity index is 2.15. The van der Waals surface area contributed by atoms with Crippen LogP contribution in [0.5, 0.6) is 0 Å². The molecule has 19 heavy (non-hydrogen) atoms. The lowest BCUT2D eigenvalue weighted by Crippen LogP contribution is -2.32. The van der Waals surface area contributed by atoms with E-state index < -0.39 is 0 Å². The van der Waals surface area contributed by atoms with Crippen molar-refractivity contribution in [3.05, 3.63) is 11.9 Å². The Morgan fingerprint density at radius 1 is 1.42 bits per heavy atom. The zero-order valence-electron chi connectivity index (χ0n) is 12.1. The van der Waals surface area contributed by atoms with Gasteiger partial charge in [0.2, 0.25) is 0 Å². The third-order valence-electron chi connectivity index (χ3n) is 4.54. The molecule has 1 aromatic heterocycles. The van der Waals surface area contributed by atoms with Crippen LogP contribution in [0, 0.1) is 5.41 Å². The summed E-state index contributed by atoms with van der Waals surface area (Å²) >= 11 is 0. The molecule has 0 spiro atoms. The number of aromatic nitrogens is 2. The molecule has 1 aliphatic heterocycles. The predicted molar refractivity (Wildman–Crippen MR) is 75.8 cm³/mol. The topological polar surface area (TPSA) is 64.2 Å². The van der Waals surface area contributed by atoms with Gasteiger partial charge >= 0.3 is 0 Å². The van der Waals surface area contributed by atoms with Crippen molar-refractivity contribution in [1.29, 1.82) is 0 Å². The average molecular weight is 264 g/mol. The fraction of sp³-hybridized carbons (Fsp3) is 0.714. The van der Waals surface area contributed by atoms with Gasteiger partial charge in [0.05, 0.1) is 5.69 Å². The third-order valence-corrected chi connectivity index (χ3v) is 4.54. The van der Waals surface area contributed by atoms with Crippen molar-refractivity contribution in [1.82, 2.24) is 14.7 Å². The summed E-state index contributed by atoms with van der Waals surface area (Å²) in [5, 5.41) is 4.27. The highest BCUT2D eigenvalue weighted by atomic mass is 16.2. The Kier molecular flexibility index (Phi) is 3.83. The van der Waals surface area contributed by atoms with E-state index in [1.54, 1.807) is 10.9 Å². The van der Waals surface area contributed by atoms with E-state index in [-0.39, 0.29) is 11.3 Å². The van der Waals surface area contributed by atoms with Crippen LogP contribution in [0.25, 0.3) is 0 Å². The van der Waals surface area contributed by atoms with Crippen LogP contribution >= 0.6 is 0 Å². The van der Waals surface area contributed by atoms with E-state index in [2.05, 4.69) is 18.9 Å². The number of hydrogen-bond acceptors (Lipinski definition) is 3. The highest BCUT2D eigenvalue weighted by molar-refractivity contribution is 5.97. The summed E-state index contributed by atoms with van der Waals surface area (Å²) in [6.45, 7) is 8.77. The van der Waals surface area contributed by atoms with Crippen LogP contribution in [-0.4, -0.2) is 33.7 Å². The van der Waals surface area contributed by atoms with Gasteiger partial charge in [-0.15, -0.1) is 0 Å². The van der Waals surface area contributed by atoms with Crippen molar-refractivity contribution in [3.63, 3.8) is 0 Å². The Bertz CT molecular complexity index is 462. The molecule has 1 saturated heterocycles. The van der Waals surface area contributed by atoms with Crippen LogP contribution in [0.3, 0.4) is 0 Å². The summed E-state index contributed by atoms with van der Waals surface area (Å²) in [5.74, 6) is -0.0199. The van der Waals surface area contributed by atoms with Gasteiger partial charge in [0.25, 0.3) is 5.91 Å². The number of carbonyl (C=O) groups excluding carboxylic acids is 1. The third kappa shape index (κ3) is 2.46. The number of nitrogens with two attached hydrogens (primary N) is 1. The Labute approximate surface area is 114 Å². The minimum absolute atomic E-state index is 0.0199. The first kappa shape index (κ1) is 13.9. The van der Waals surface area contributed by atoms with Gasteiger partial charge in [-0.25, -0.2) is 0 Å². The van der Waals surface area contributed by atoms with Gasteiger partial charge in [-0.3, -0.25) is 9.48 Å². The fourth-order valence-electron chi connectivity index (χ4n) is 2.85. The Morgan fingerprint density at radius 3 is 2.58 bits per heavy atom. The van der Waals surface area contributed by atoms with E-state index in [4.69, 9.17) is 5.73 Å². The van der Waals surface area contributed by atoms with Crippen LogP contribution in [0.15, 0.2) is 6.20 Å². The number of likely N-dealkylation sites (tertiary alicyclic amines) is 1. The van der Waals surface area contributed by atoms with Gasteiger partial charge < -0.3 is 10.6 Å². The maximum absolute atomic E-state index is 12.5. The summed E-state index contributed by atoms with van der Waals surface area (Å²) in [5.41, 5.74) is 7.07. The SMILES string of the molecule is CCn1cc(N)c(C(=O)N2CCC(CC)(CC)C2)n1. The lowest BCUT2D eigenvalue weighted by molar-refractivity contribution is 0.0764. The summed E-state index contributed by atoms with van der Waals surface area (Å²) in [7, 11) is 0. The van der Waals surface area contributed by atoms with E-state index >= 15 is 0 Å². The van der Waals surface area contributed by atoms with Gasteiger partial charge in [0, 0.05) is 25.8 Å². The molecule has 0 saturated carbocycles. The Morgan fingerprint density at radius 2 is 2.11 bits per heavy atom. The number of aryl methyl sites for hydroxylation is 1. The van der Waals surface area contributed by atoms with Crippen LogP contribution in [0.1, 0.15) is 50.5 Å². The lowest BCUT2D eigenvalue weighted by atomic mass is 9.82. The lowest BCUT2D eigenvalue weighted by Gasteiger charge is -2.26. The molecule has 0 atom stereocenters. The first-order chi connectivity index (χ1) is 9.05. The molecule has 0 aromatic carbocycles. The first-order valence-electron chi connectivity index (χ1n) is 7.17. The molecule has 5 nitrogen and oxygen atoms in total. The van der Waals surface area contributed by atoms with Crippen molar-refractivity contribution < 1.29 is 4.79 Å². The highest BCUT2D eigenvalue weighted by Crippen LogP contribution is 2.37. The van der Waals surface area contributed by atoms with Crippen LogP contribution < -0.4 is 5.73 Å². The smallest absolute Gasteiger partial charge is 0.276 e. The van der Waals surface area contributed by atoms with Gasteiger partial charge in [-0.1, -0.05) is 13.8 Å². The molecule has 2 N–H and O–H groups in total. The number of nitrogens with zero attached hydrogens (tertiary/aromatic N) is 3. The van der Waals surface area contributed by atoms with Crippen molar-refractivity contribution in [2.24, 2.45) is 5.41 Å². The second-order valence-corrected chi connectivity index (χ2v) is 5.47. The molecule has 1 aliphatic rings. The fourth-order valence-corrected chi connectivity index (χ4v) is 2.85. The quantitative estimate of drug-likeness (QED) is 0.906. The number of hydrogen-bond donors (Lipinski definition) is 1. The van der Waals surface area contributed by atoms with Gasteiger partial charge in [-0.2, -0.15) is 5.10 Å². The molecular formula is C14H24N4O. The largest absolute Gasteiger partial charge is 0.396 e. The molecule has 2 heterocycles. The van der Waals surface area contributed by atoms with E-state index in [0.717, 1.165) is 38.9 Å². The first-order valence-corrected chi connectivity index (χ1v) is 7.17. The van der Waals surface area contributed by atoms with Crippen LogP contribution in [0.4, 0.5) is 5.69 Å². The number of nitrogen functional groups attached to an aromatic ring is 1. The second kappa shape index (κ2) is 5.23. The van der Waals surface area contributed by atoms with Crippen molar-refractivity contribution in [3.8, 4) is 0 Å².